The third kappa shape index (κ3) is 4.16. The summed E-state index contributed by atoms with van der Waals surface area (Å²) in [5, 5.41) is 3.11. The number of amides is 3. The molecule has 0 aromatic heterocycles. The first kappa shape index (κ1) is 21.3. The Morgan fingerprint density at radius 1 is 1.14 bits per heavy atom. The van der Waals surface area contributed by atoms with Crippen LogP contribution in [0.2, 0.25) is 0 Å². The molecule has 2 aliphatic heterocycles. The number of carbonyl (C=O) groups excluding carboxylic acids is 3. The van der Waals surface area contributed by atoms with Gasteiger partial charge in [0, 0.05) is 24.9 Å². The first-order chi connectivity index (χ1) is 13.3. The number of nitrogens with zero attached hydrogens (tertiary/aromatic N) is 2. The number of hydrogen-bond acceptors (Lipinski definition) is 3. The third-order valence-electron chi connectivity index (χ3n) is 5.76. The standard InChI is InChI=1S/C23H33N3O3/c1-21(2,3)15-22(4,5)24-18(27)12-14-25-20(29)16-9-7-8-10-17(16)26-19(28)11-13-23(25,26)6/h7-10H,11-15H2,1-6H3,(H,24,27). The third-order valence-corrected chi connectivity index (χ3v) is 5.76. The summed E-state index contributed by atoms with van der Waals surface area (Å²) in [6.07, 6.45) is 2.03. The highest BCUT2D eigenvalue weighted by molar-refractivity contribution is 6.10. The van der Waals surface area contributed by atoms with E-state index in [-0.39, 0.29) is 41.6 Å². The zero-order valence-corrected chi connectivity index (χ0v) is 18.5. The van der Waals surface area contributed by atoms with Crippen molar-refractivity contribution >= 4 is 23.4 Å². The van der Waals surface area contributed by atoms with Crippen molar-refractivity contribution in [2.24, 2.45) is 5.41 Å². The Morgan fingerprint density at radius 3 is 2.45 bits per heavy atom. The molecule has 0 saturated carbocycles. The predicted octanol–water partition coefficient (Wildman–Crippen LogP) is 3.71. The number of para-hydroxylation sites is 1. The maximum atomic E-state index is 13.2. The molecule has 3 rings (SSSR count). The molecule has 1 fully saturated rings. The lowest BCUT2D eigenvalue weighted by Crippen LogP contribution is -2.62. The average molecular weight is 400 g/mol. The van der Waals surface area contributed by atoms with Crippen LogP contribution in [0.1, 0.15) is 77.6 Å². The highest BCUT2D eigenvalue weighted by Crippen LogP contribution is 2.44. The molecule has 1 N–H and O–H groups in total. The number of hydrogen-bond donors (Lipinski definition) is 1. The van der Waals surface area contributed by atoms with Crippen LogP contribution < -0.4 is 10.2 Å². The SMILES string of the molecule is CC(C)(C)CC(C)(C)NC(=O)CCN1C(=O)c2ccccc2N2C(=O)CCC12C. The lowest BCUT2D eigenvalue weighted by molar-refractivity contribution is -0.123. The van der Waals surface area contributed by atoms with Gasteiger partial charge in [-0.25, -0.2) is 0 Å². The van der Waals surface area contributed by atoms with Crippen molar-refractivity contribution < 1.29 is 14.4 Å². The maximum absolute atomic E-state index is 13.2. The summed E-state index contributed by atoms with van der Waals surface area (Å²) >= 11 is 0. The molecule has 29 heavy (non-hydrogen) atoms. The Morgan fingerprint density at radius 2 is 1.79 bits per heavy atom. The van der Waals surface area contributed by atoms with Gasteiger partial charge in [-0.2, -0.15) is 0 Å². The van der Waals surface area contributed by atoms with Gasteiger partial charge in [0.2, 0.25) is 11.8 Å². The molecule has 3 amide bonds. The van der Waals surface area contributed by atoms with Crippen LogP contribution in [0.4, 0.5) is 5.69 Å². The van der Waals surface area contributed by atoms with Gasteiger partial charge in [-0.15, -0.1) is 0 Å². The van der Waals surface area contributed by atoms with E-state index in [0.717, 1.165) is 6.42 Å². The summed E-state index contributed by atoms with van der Waals surface area (Å²) in [5.74, 6) is -0.172. The van der Waals surface area contributed by atoms with Crippen LogP contribution in [0.15, 0.2) is 24.3 Å². The average Bonchev–Trinajstić information content (AvgIpc) is 2.87. The molecular formula is C23H33N3O3. The second kappa shape index (κ2) is 7.15. The molecular weight excluding hydrogens is 366 g/mol. The van der Waals surface area contributed by atoms with Crippen LogP contribution >= 0.6 is 0 Å². The van der Waals surface area contributed by atoms with Crippen LogP contribution in [0.5, 0.6) is 0 Å². The fraction of sp³-hybridized carbons (Fsp3) is 0.609. The summed E-state index contributed by atoms with van der Waals surface area (Å²) in [7, 11) is 0. The monoisotopic (exact) mass is 399 g/mol. The lowest BCUT2D eigenvalue weighted by Gasteiger charge is -2.48. The van der Waals surface area contributed by atoms with Gasteiger partial charge in [-0.05, 0) is 51.2 Å². The zero-order valence-electron chi connectivity index (χ0n) is 18.5. The Balaban J connectivity index is 1.76. The summed E-state index contributed by atoms with van der Waals surface area (Å²) in [4.78, 5) is 41.9. The number of benzene rings is 1. The van der Waals surface area contributed by atoms with Gasteiger partial charge in [0.15, 0.2) is 0 Å². The van der Waals surface area contributed by atoms with Gasteiger partial charge < -0.3 is 10.2 Å². The quantitative estimate of drug-likeness (QED) is 0.821. The van der Waals surface area contributed by atoms with E-state index in [9.17, 15) is 14.4 Å². The summed E-state index contributed by atoms with van der Waals surface area (Å²) < 4.78 is 0. The Hall–Kier alpha value is -2.37. The molecule has 0 bridgehead atoms. The number of anilines is 1. The normalized spacial score (nSPS) is 21.9. The number of rotatable bonds is 5. The van der Waals surface area contributed by atoms with E-state index in [1.807, 2.05) is 32.9 Å². The number of carbonyl (C=O) groups is 3. The predicted molar refractivity (Wildman–Crippen MR) is 114 cm³/mol. The molecule has 0 radical (unpaired) electrons. The van der Waals surface area contributed by atoms with Gasteiger partial charge >= 0.3 is 0 Å². The molecule has 6 nitrogen and oxygen atoms in total. The fourth-order valence-electron chi connectivity index (χ4n) is 5.06. The van der Waals surface area contributed by atoms with Gasteiger partial charge in [0.1, 0.15) is 5.66 Å². The Kier molecular flexibility index (Phi) is 5.26. The summed E-state index contributed by atoms with van der Waals surface area (Å²) in [6, 6.07) is 7.23. The Labute approximate surface area is 173 Å². The van der Waals surface area contributed by atoms with E-state index >= 15 is 0 Å². The van der Waals surface area contributed by atoms with E-state index in [1.165, 1.54) is 0 Å². The maximum Gasteiger partial charge on any atom is 0.257 e. The first-order valence-corrected chi connectivity index (χ1v) is 10.4. The molecule has 1 saturated heterocycles. The molecule has 0 spiro atoms. The minimum absolute atomic E-state index is 0.0215. The summed E-state index contributed by atoms with van der Waals surface area (Å²) in [6.45, 7) is 12.7. The van der Waals surface area contributed by atoms with Crippen molar-refractivity contribution in [2.45, 2.75) is 78.4 Å². The topological polar surface area (TPSA) is 69.7 Å². The van der Waals surface area contributed by atoms with Crippen molar-refractivity contribution in [3.05, 3.63) is 29.8 Å². The van der Waals surface area contributed by atoms with E-state index in [1.54, 1.807) is 21.9 Å². The van der Waals surface area contributed by atoms with Crippen LogP contribution in [-0.4, -0.2) is 40.4 Å². The molecule has 158 valence electrons. The van der Waals surface area contributed by atoms with Crippen molar-refractivity contribution in [3.8, 4) is 0 Å². The first-order valence-electron chi connectivity index (χ1n) is 10.4. The molecule has 6 heteroatoms. The zero-order chi connectivity index (χ0) is 21.6. The lowest BCUT2D eigenvalue weighted by atomic mass is 9.82. The second-order valence-corrected chi connectivity index (χ2v) is 10.3. The largest absolute Gasteiger partial charge is 0.351 e. The minimum atomic E-state index is -0.719. The van der Waals surface area contributed by atoms with E-state index in [2.05, 4.69) is 26.1 Å². The van der Waals surface area contributed by atoms with Crippen molar-refractivity contribution in [1.82, 2.24) is 10.2 Å². The molecule has 2 aliphatic rings. The van der Waals surface area contributed by atoms with Crippen molar-refractivity contribution in [2.75, 3.05) is 11.4 Å². The fourth-order valence-corrected chi connectivity index (χ4v) is 5.06. The van der Waals surface area contributed by atoms with E-state index in [0.29, 0.717) is 24.1 Å². The van der Waals surface area contributed by atoms with Crippen molar-refractivity contribution in [3.63, 3.8) is 0 Å². The molecule has 2 heterocycles. The summed E-state index contributed by atoms with van der Waals surface area (Å²) in [5.41, 5.74) is 0.251. The van der Waals surface area contributed by atoms with Gasteiger partial charge in [-0.3, -0.25) is 19.3 Å². The van der Waals surface area contributed by atoms with Crippen LogP contribution in [-0.2, 0) is 9.59 Å². The molecule has 0 aliphatic carbocycles. The molecule has 1 unspecified atom stereocenters. The molecule has 1 aromatic rings. The van der Waals surface area contributed by atoms with Gasteiger partial charge in [-0.1, -0.05) is 32.9 Å². The van der Waals surface area contributed by atoms with Crippen LogP contribution in [0.25, 0.3) is 0 Å². The molecule has 1 atom stereocenters. The molecule has 1 aromatic carbocycles. The number of fused-ring (bicyclic) bond motifs is 3. The van der Waals surface area contributed by atoms with Crippen molar-refractivity contribution in [1.29, 1.82) is 0 Å². The highest BCUT2D eigenvalue weighted by atomic mass is 16.2. The van der Waals surface area contributed by atoms with Gasteiger partial charge in [0.25, 0.3) is 5.91 Å². The second-order valence-electron chi connectivity index (χ2n) is 10.3. The van der Waals surface area contributed by atoms with Gasteiger partial charge in [0.05, 0.1) is 11.3 Å². The van der Waals surface area contributed by atoms with E-state index < -0.39 is 5.66 Å². The smallest absolute Gasteiger partial charge is 0.257 e. The number of nitrogens with one attached hydrogen (secondary N) is 1. The minimum Gasteiger partial charge on any atom is -0.351 e. The van der Waals surface area contributed by atoms with E-state index in [4.69, 9.17) is 0 Å². The highest BCUT2D eigenvalue weighted by Gasteiger charge is 2.52. The van der Waals surface area contributed by atoms with Crippen LogP contribution in [0, 0.1) is 5.41 Å². The van der Waals surface area contributed by atoms with Crippen LogP contribution in [0.3, 0.4) is 0 Å². The Bertz CT molecular complexity index is 840.